The molecule has 0 radical (unpaired) electrons. The molecule has 4 aromatic rings. The third kappa shape index (κ3) is 3.11. The topological polar surface area (TPSA) is 85.2 Å². The maximum atomic E-state index is 13.3. The number of fused-ring (bicyclic) bond motifs is 2. The second kappa shape index (κ2) is 7.16. The number of H-pyrrole nitrogens is 1. The van der Waals surface area contributed by atoms with Crippen LogP contribution in [0.5, 0.6) is 5.75 Å². The number of carbonyl (C=O) groups excluding carboxylic acids is 1. The minimum atomic E-state index is -0.186. The Kier molecular flexibility index (Phi) is 4.43. The fourth-order valence-electron chi connectivity index (χ4n) is 4.23. The van der Waals surface area contributed by atoms with E-state index in [9.17, 15) is 9.59 Å². The standard InChI is InChI=1S/C23H23N5O3/c1-14-10-26(13-25-14)20-6-7-21-23(30)27(15(2)11-28(21)22(20)29)12-16-9-24-19-8-17(31-3)4-5-18(16)19/h4-10,13,15,24H,11-12H2,1-3H3/t15-/m1/s1. The van der Waals surface area contributed by atoms with Gasteiger partial charge in [0.1, 0.15) is 17.1 Å². The molecule has 0 aliphatic carbocycles. The first-order chi connectivity index (χ1) is 15.0. The number of nitrogens with one attached hydrogen (secondary N) is 1. The van der Waals surface area contributed by atoms with E-state index in [2.05, 4.69) is 9.97 Å². The number of aromatic amines is 1. The fourth-order valence-corrected chi connectivity index (χ4v) is 4.23. The van der Waals surface area contributed by atoms with Crippen LogP contribution >= 0.6 is 0 Å². The van der Waals surface area contributed by atoms with Crippen molar-refractivity contribution in [1.82, 2.24) is 24.0 Å². The molecule has 1 aromatic carbocycles. The Bertz CT molecular complexity index is 1360. The summed E-state index contributed by atoms with van der Waals surface area (Å²) < 4.78 is 8.56. The minimum Gasteiger partial charge on any atom is -0.497 e. The fraction of sp³-hybridized carbons (Fsp3) is 0.261. The predicted octanol–water partition coefficient (Wildman–Crippen LogP) is 2.88. The number of aromatic nitrogens is 4. The molecular formula is C23H23N5O3. The monoisotopic (exact) mass is 417 g/mol. The van der Waals surface area contributed by atoms with E-state index in [1.165, 1.54) is 0 Å². The lowest BCUT2D eigenvalue weighted by molar-refractivity contribution is 0.0591. The highest BCUT2D eigenvalue weighted by Gasteiger charge is 2.31. The van der Waals surface area contributed by atoms with Gasteiger partial charge in [0.05, 0.1) is 19.1 Å². The van der Waals surface area contributed by atoms with Crippen molar-refractivity contribution >= 4 is 16.8 Å². The highest BCUT2D eigenvalue weighted by molar-refractivity contribution is 5.94. The minimum absolute atomic E-state index is 0.124. The van der Waals surface area contributed by atoms with Crippen molar-refractivity contribution in [2.45, 2.75) is 33.0 Å². The molecule has 5 rings (SSSR count). The first-order valence-corrected chi connectivity index (χ1v) is 10.2. The van der Waals surface area contributed by atoms with E-state index >= 15 is 0 Å². The number of carbonyl (C=O) groups is 1. The zero-order valence-corrected chi connectivity index (χ0v) is 17.6. The number of imidazole rings is 1. The van der Waals surface area contributed by atoms with Crippen LogP contribution in [0.25, 0.3) is 16.6 Å². The average molecular weight is 417 g/mol. The maximum Gasteiger partial charge on any atom is 0.275 e. The first kappa shape index (κ1) is 19.2. The van der Waals surface area contributed by atoms with Crippen molar-refractivity contribution < 1.29 is 9.53 Å². The average Bonchev–Trinajstić information content (AvgIpc) is 3.37. The van der Waals surface area contributed by atoms with Crippen LogP contribution in [0.4, 0.5) is 0 Å². The number of ether oxygens (including phenoxy) is 1. The molecule has 0 saturated heterocycles. The summed E-state index contributed by atoms with van der Waals surface area (Å²) in [6, 6.07) is 9.15. The molecule has 4 heterocycles. The van der Waals surface area contributed by atoms with Crippen molar-refractivity contribution in [1.29, 1.82) is 0 Å². The molecule has 0 unspecified atom stereocenters. The van der Waals surface area contributed by atoms with E-state index in [-0.39, 0.29) is 17.5 Å². The summed E-state index contributed by atoms with van der Waals surface area (Å²) in [7, 11) is 1.64. The molecule has 0 bridgehead atoms. The van der Waals surface area contributed by atoms with Crippen LogP contribution in [0, 0.1) is 6.92 Å². The number of rotatable bonds is 4. The van der Waals surface area contributed by atoms with Gasteiger partial charge in [-0.25, -0.2) is 4.98 Å². The van der Waals surface area contributed by atoms with Crippen LogP contribution < -0.4 is 10.3 Å². The van der Waals surface area contributed by atoms with Gasteiger partial charge in [-0.1, -0.05) is 0 Å². The number of pyridine rings is 1. The van der Waals surface area contributed by atoms with E-state index in [0.717, 1.165) is 27.9 Å². The summed E-state index contributed by atoms with van der Waals surface area (Å²) in [5.41, 5.74) is 3.53. The van der Waals surface area contributed by atoms with Crippen LogP contribution in [0.1, 0.15) is 28.7 Å². The van der Waals surface area contributed by atoms with Crippen LogP contribution in [-0.4, -0.2) is 43.1 Å². The molecule has 3 aromatic heterocycles. The first-order valence-electron chi connectivity index (χ1n) is 10.2. The molecule has 0 fully saturated rings. The van der Waals surface area contributed by atoms with Gasteiger partial charge in [0.25, 0.3) is 11.5 Å². The number of benzene rings is 1. The molecule has 1 aliphatic rings. The Morgan fingerprint density at radius 3 is 2.81 bits per heavy atom. The molecule has 8 heteroatoms. The van der Waals surface area contributed by atoms with Crippen molar-refractivity contribution in [2.24, 2.45) is 0 Å². The van der Waals surface area contributed by atoms with Crippen LogP contribution in [0.15, 0.2) is 53.8 Å². The van der Waals surface area contributed by atoms with Crippen LogP contribution in [-0.2, 0) is 13.1 Å². The van der Waals surface area contributed by atoms with E-state index in [1.807, 2.05) is 43.1 Å². The molecule has 0 spiro atoms. The SMILES string of the molecule is COc1ccc2c(CN3C(=O)c4ccc(-n5cnc(C)c5)c(=O)n4C[C@H]3C)c[nH]c2c1. The summed E-state index contributed by atoms with van der Waals surface area (Å²) in [4.78, 5) is 35.7. The lowest BCUT2D eigenvalue weighted by Crippen LogP contribution is -2.49. The summed E-state index contributed by atoms with van der Waals surface area (Å²) in [5, 5.41) is 1.05. The van der Waals surface area contributed by atoms with Gasteiger partial charge in [0, 0.05) is 48.5 Å². The maximum absolute atomic E-state index is 13.3. The third-order valence-electron chi connectivity index (χ3n) is 5.92. The molecule has 1 atom stereocenters. The molecular weight excluding hydrogens is 394 g/mol. The highest BCUT2D eigenvalue weighted by Crippen LogP contribution is 2.26. The quantitative estimate of drug-likeness (QED) is 0.553. The molecule has 1 N–H and O–H groups in total. The van der Waals surface area contributed by atoms with Gasteiger partial charge in [-0.2, -0.15) is 0 Å². The van der Waals surface area contributed by atoms with Gasteiger partial charge >= 0.3 is 0 Å². The van der Waals surface area contributed by atoms with E-state index in [1.54, 1.807) is 40.9 Å². The Morgan fingerprint density at radius 2 is 2.06 bits per heavy atom. The smallest absolute Gasteiger partial charge is 0.275 e. The van der Waals surface area contributed by atoms with Gasteiger partial charge in [0.15, 0.2) is 0 Å². The van der Waals surface area contributed by atoms with Crippen molar-refractivity contribution in [3.8, 4) is 11.4 Å². The van der Waals surface area contributed by atoms with Gasteiger partial charge in [-0.3, -0.25) is 9.59 Å². The lowest BCUT2D eigenvalue weighted by Gasteiger charge is -2.35. The number of hydrogen-bond acceptors (Lipinski definition) is 4. The van der Waals surface area contributed by atoms with Crippen molar-refractivity contribution in [3.63, 3.8) is 0 Å². The van der Waals surface area contributed by atoms with Crippen molar-refractivity contribution in [3.05, 3.63) is 76.4 Å². The lowest BCUT2D eigenvalue weighted by atomic mass is 10.1. The summed E-state index contributed by atoms with van der Waals surface area (Å²) >= 11 is 0. The van der Waals surface area contributed by atoms with Crippen LogP contribution in [0.3, 0.4) is 0 Å². The summed E-state index contributed by atoms with van der Waals surface area (Å²) in [6.45, 7) is 4.75. The largest absolute Gasteiger partial charge is 0.497 e. The van der Waals surface area contributed by atoms with Gasteiger partial charge in [-0.15, -0.1) is 0 Å². The van der Waals surface area contributed by atoms with Gasteiger partial charge < -0.3 is 23.8 Å². The Morgan fingerprint density at radius 1 is 1.23 bits per heavy atom. The summed E-state index contributed by atoms with van der Waals surface area (Å²) in [5.74, 6) is 0.632. The normalized spacial score (nSPS) is 16.0. The number of amides is 1. The highest BCUT2D eigenvalue weighted by atomic mass is 16.5. The molecule has 158 valence electrons. The number of hydrogen-bond donors (Lipinski definition) is 1. The van der Waals surface area contributed by atoms with E-state index in [0.29, 0.717) is 24.5 Å². The van der Waals surface area contributed by atoms with Gasteiger partial charge in [0.2, 0.25) is 0 Å². The summed E-state index contributed by atoms with van der Waals surface area (Å²) in [6.07, 6.45) is 5.34. The van der Waals surface area contributed by atoms with E-state index < -0.39 is 0 Å². The predicted molar refractivity (Wildman–Crippen MR) is 117 cm³/mol. The Labute approximate surface area is 178 Å². The third-order valence-corrected chi connectivity index (χ3v) is 5.92. The second-order valence-electron chi connectivity index (χ2n) is 7.95. The number of aryl methyl sites for hydroxylation is 1. The molecule has 31 heavy (non-hydrogen) atoms. The van der Waals surface area contributed by atoms with Crippen molar-refractivity contribution in [2.75, 3.05) is 7.11 Å². The molecule has 0 saturated carbocycles. The number of methoxy groups -OCH3 is 1. The Hall–Kier alpha value is -3.81. The van der Waals surface area contributed by atoms with E-state index in [4.69, 9.17) is 4.74 Å². The molecule has 8 nitrogen and oxygen atoms in total. The number of nitrogens with zero attached hydrogens (tertiary/aromatic N) is 4. The zero-order chi connectivity index (χ0) is 21.7. The van der Waals surface area contributed by atoms with Gasteiger partial charge in [-0.05, 0) is 43.7 Å². The second-order valence-corrected chi connectivity index (χ2v) is 7.95. The molecule has 1 aliphatic heterocycles. The Balaban J connectivity index is 1.48. The molecule has 1 amide bonds. The van der Waals surface area contributed by atoms with Crippen LogP contribution in [0.2, 0.25) is 0 Å². The zero-order valence-electron chi connectivity index (χ0n) is 17.6.